The minimum absolute atomic E-state index is 0.0000593. The number of amides is 1. The number of fused-ring (bicyclic) bond motifs is 1. The quantitative estimate of drug-likeness (QED) is 0.691. The minimum atomic E-state index is 0.0000593. The molecule has 1 unspecified atom stereocenters. The van der Waals surface area contributed by atoms with Crippen LogP contribution in [0.2, 0.25) is 0 Å². The molecule has 1 atom stereocenters. The molecule has 4 heterocycles. The van der Waals surface area contributed by atoms with Crippen LogP contribution in [0.5, 0.6) is 0 Å². The van der Waals surface area contributed by atoms with Crippen LogP contribution in [0.25, 0.3) is 5.65 Å². The Bertz CT molecular complexity index is 935. The van der Waals surface area contributed by atoms with Crippen LogP contribution in [0.3, 0.4) is 0 Å². The van der Waals surface area contributed by atoms with Crippen LogP contribution >= 0.6 is 11.3 Å². The monoisotopic (exact) mass is 398 g/mol. The summed E-state index contributed by atoms with van der Waals surface area (Å²) in [6, 6.07) is 8.08. The molecule has 0 saturated carbocycles. The smallest absolute Gasteiger partial charge is 0.224 e. The molecule has 1 N–H and O–H groups in total. The zero-order valence-corrected chi connectivity index (χ0v) is 17.2. The molecule has 0 radical (unpaired) electrons. The van der Waals surface area contributed by atoms with E-state index in [9.17, 15) is 4.79 Å². The number of carbonyl (C=O) groups is 1. The third-order valence-corrected chi connectivity index (χ3v) is 6.09. The van der Waals surface area contributed by atoms with E-state index in [1.807, 2.05) is 22.7 Å². The number of anilines is 1. The van der Waals surface area contributed by atoms with Crippen LogP contribution in [0.4, 0.5) is 5.82 Å². The highest BCUT2D eigenvalue weighted by Gasteiger charge is 2.27. The summed E-state index contributed by atoms with van der Waals surface area (Å²) in [5.74, 6) is 2.14. The van der Waals surface area contributed by atoms with E-state index in [4.69, 9.17) is 5.10 Å². The third-order valence-electron chi connectivity index (χ3n) is 5.16. The zero-order valence-electron chi connectivity index (χ0n) is 16.3. The first kappa shape index (κ1) is 18.9. The highest BCUT2D eigenvalue weighted by molar-refractivity contribution is 7.09. The Labute approximate surface area is 168 Å². The molecule has 1 fully saturated rings. The van der Waals surface area contributed by atoms with Gasteiger partial charge in [-0.25, -0.2) is 0 Å². The summed E-state index contributed by atoms with van der Waals surface area (Å²) in [7, 11) is 0. The third kappa shape index (κ3) is 4.01. The van der Waals surface area contributed by atoms with Crippen LogP contribution in [-0.4, -0.2) is 45.4 Å². The van der Waals surface area contributed by atoms with Gasteiger partial charge < -0.3 is 10.2 Å². The molecule has 0 bridgehead atoms. The molecule has 148 valence electrons. The Kier molecular flexibility index (Phi) is 5.57. The summed E-state index contributed by atoms with van der Waals surface area (Å²) in [5, 5.41) is 18.4. The van der Waals surface area contributed by atoms with Gasteiger partial charge in [0, 0.05) is 30.4 Å². The average Bonchev–Trinajstić information content (AvgIpc) is 3.37. The van der Waals surface area contributed by atoms with Gasteiger partial charge in [-0.1, -0.05) is 19.9 Å². The van der Waals surface area contributed by atoms with Gasteiger partial charge in [-0.05, 0) is 42.8 Å². The number of thiophene rings is 1. The van der Waals surface area contributed by atoms with Gasteiger partial charge in [0.05, 0.1) is 5.92 Å². The predicted molar refractivity (Wildman–Crippen MR) is 111 cm³/mol. The Morgan fingerprint density at radius 2 is 2.21 bits per heavy atom. The number of carbonyl (C=O) groups excluding carboxylic acids is 1. The van der Waals surface area contributed by atoms with Crippen LogP contribution in [0, 0.1) is 5.92 Å². The molecule has 1 aliphatic rings. The maximum absolute atomic E-state index is 12.6. The molecule has 1 saturated heterocycles. The molecule has 3 aromatic heterocycles. The number of hydrogen-bond acceptors (Lipinski definition) is 6. The second-order valence-electron chi connectivity index (χ2n) is 7.58. The normalized spacial score (nSPS) is 17.4. The summed E-state index contributed by atoms with van der Waals surface area (Å²) in [6.45, 7) is 6.47. The number of nitrogens with zero attached hydrogens (tertiary/aromatic N) is 5. The maximum atomic E-state index is 12.6. The zero-order chi connectivity index (χ0) is 19.5. The predicted octanol–water partition coefficient (Wildman–Crippen LogP) is 2.88. The SMILES string of the molecule is CC(C)c1nnc2ccc(N3CCCC(C(=O)NCCc4cccs4)C3)nn12. The van der Waals surface area contributed by atoms with Crippen molar-refractivity contribution in [2.24, 2.45) is 5.92 Å². The van der Waals surface area contributed by atoms with Gasteiger partial charge >= 0.3 is 0 Å². The van der Waals surface area contributed by atoms with Crippen molar-refractivity contribution in [3.63, 3.8) is 0 Å². The minimum Gasteiger partial charge on any atom is -0.355 e. The molecule has 0 aliphatic carbocycles. The molecule has 1 aliphatic heterocycles. The van der Waals surface area contributed by atoms with Crippen molar-refractivity contribution in [3.05, 3.63) is 40.3 Å². The summed E-state index contributed by atoms with van der Waals surface area (Å²) < 4.78 is 1.82. The molecule has 0 spiro atoms. The van der Waals surface area contributed by atoms with E-state index in [1.54, 1.807) is 11.3 Å². The summed E-state index contributed by atoms with van der Waals surface area (Å²) in [6.07, 6.45) is 2.80. The first-order valence-electron chi connectivity index (χ1n) is 9.89. The molecular weight excluding hydrogens is 372 g/mol. The second-order valence-corrected chi connectivity index (χ2v) is 8.61. The highest BCUT2D eigenvalue weighted by Crippen LogP contribution is 2.23. The summed E-state index contributed by atoms with van der Waals surface area (Å²) in [4.78, 5) is 16.1. The van der Waals surface area contributed by atoms with Crippen LogP contribution in [-0.2, 0) is 11.2 Å². The Morgan fingerprint density at radius 1 is 1.32 bits per heavy atom. The largest absolute Gasteiger partial charge is 0.355 e. The highest BCUT2D eigenvalue weighted by atomic mass is 32.1. The van der Waals surface area contributed by atoms with Crippen LogP contribution in [0.15, 0.2) is 29.6 Å². The fraction of sp³-hybridized carbons (Fsp3) is 0.500. The maximum Gasteiger partial charge on any atom is 0.224 e. The van der Waals surface area contributed by atoms with E-state index in [2.05, 4.69) is 45.7 Å². The number of rotatable bonds is 6. The number of nitrogens with one attached hydrogen (secondary N) is 1. The Balaban J connectivity index is 1.41. The van der Waals surface area contributed by atoms with Gasteiger partial charge in [-0.15, -0.1) is 26.6 Å². The number of aromatic nitrogens is 4. The van der Waals surface area contributed by atoms with Crippen molar-refractivity contribution in [2.45, 2.75) is 39.0 Å². The van der Waals surface area contributed by atoms with Gasteiger partial charge in [-0.3, -0.25) is 4.79 Å². The second kappa shape index (κ2) is 8.26. The van der Waals surface area contributed by atoms with Crippen LogP contribution < -0.4 is 10.2 Å². The van der Waals surface area contributed by atoms with Gasteiger partial charge in [0.25, 0.3) is 0 Å². The van der Waals surface area contributed by atoms with E-state index in [0.29, 0.717) is 13.1 Å². The topological polar surface area (TPSA) is 75.4 Å². The van der Waals surface area contributed by atoms with E-state index in [1.165, 1.54) is 4.88 Å². The number of hydrogen-bond donors (Lipinski definition) is 1. The van der Waals surface area contributed by atoms with E-state index < -0.39 is 0 Å². The van der Waals surface area contributed by atoms with E-state index in [0.717, 1.165) is 43.1 Å². The van der Waals surface area contributed by atoms with Crippen LogP contribution in [0.1, 0.15) is 43.3 Å². The lowest BCUT2D eigenvalue weighted by Gasteiger charge is -2.32. The van der Waals surface area contributed by atoms with Gasteiger partial charge in [0.2, 0.25) is 5.91 Å². The fourth-order valence-corrected chi connectivity index (χ4v) is 4.34. The summed E-state index contributed by atoms with van der Waals surface area (Å²) in [5.41, 5.74) is 0.757. The lowest BCUT2D eigenvalue weighted by molar-refractivity contribution is -0.125. The van der Waals surface area contributed by atoms with Gasteiger partial charge in [0.15, 0.2) is 11.5 Å². The number of piperidine rings is 1. The lowest BCUT2D eigenvalue weighted by atomic mass is 9.97. The molecule has 0 aromatic carbocycles. The van der Waals surface area contributed by atoms with Crippen molar-refractivity contribution in [1.82, 2.24) is 25.1 Å². The Morgan fingerprint density at radius 3 is 3.00 bits per heavy atom. The van der Waals surface area contributed by atoms with E-state index >= 15 is 0 Å². The first-order chi connectivity index (χ1) is 13.6. The molecule has 1 amide bonds. The lowest BCUT2D eigenvalue weighted by Crippen LogP contribution is -2.44. The first-order valence-corrected chi connectivity index (χ1v) is 10.8. The van der Waals surface area contributed by atoms with Gasteiger partial charge in [-0.2, -0.15) is 4.52 Å². The molecule has 8 heteroatoms. The fourth-order valence-electron chi connectivity index (χ4n) is 3.63. The van der Waals surface area contributed by atoms with Crippen molar-refractivity contribution in [2.75, 3.05) is 24.5 Å². The summed E-state index contributed by atoms with van der Waals surface area (Å²) >= 11 is 1.73. The van der Waals surface area contributed by atoms with Crippen molar-refractivity contribution >= 4 is 28.7 Å². The van der Waals surface area contributed by atoms with Crippen molar-refractivity contribution in [3.8, 4) is 0 Å². The molecule has 4 rings (SSSR count). The van der Waals surface area contributed by atoms with Gasteiger partial charge in [0.1, 0.15) is 5.82 Å². The van der Waals surface area contributed by atoms with Crippen molar-refractivity contribution < 1.29 is 4.79 Å². The molecule has 28 heavy (non-hydrogen) atoms. The van der Waals surface area contributed by atoms with Crippen molar-refractivity contribution in [1.29, 1.82) is 0 Å². The molecule has 7 nitrogen and oxygen atoms in total. The molecular formula is C20H26N6OS. The van der Waals surface area contributed by atoms with E-state index in [-0.39, 0.29) is 17.7 Å². The molecule has 3 aromatic rings. The average molecular weight is 399 g/mol. The standard InChI is InChI=1S/C20H26N6OS/c1-14(2)19-23-22-17-7-8-18(24-26(17)19)25-11-3-5-15(13-25)20(27)21-10-9-16-6-4-12-28-16/h4,6-8,12,14-15H,3,5,9-11,13H2,1-2H3,(H,21,27). The Hall–Kier alpha value is -2.48.